The van der Waals surface area contributed by atoms with E-state index in [1.165, 1.54) is 21.8 Å². The summed E-state index contributed by atoms with van der Waals surface area (Å²) < 4.78 is 2.34. The predicted octanol–water partition coefficient (Wildman–Crippen LogP) is 9.79. The van der Waals surface area contributed by atoms with Crippen LogP contribution in [-0.4, -0.2) is 18.0 Å². The molecule has 0 amide bonds. The molecule has 39 heavy (non-hydrogen) atoms. The quantitative estimate of drug-likeness (QED) is 0.154. The first-order valence-corrected chi connectivity index (χ1v) is 12.9. The first-order valence-electron chi connectivity index (χ1n) is 12.9. The summed E-state index contributed by atoms with van der Waals surface area (Å²) in [4.78, 5) is 7.92. The molecule has 3 heteroatoms. The molecular weight excluding hydrogens is 474 g/mol. The zero-order valence-corrected chi connectivity index (χ0v) is 21.5. The highest BCUT2D eigenvalue weighted by Crippen LogP contribution is 2.33. The highest BCUT2D eigenvalue weighted by atomic mass is 15.0. The Balaban J connectivity index is 1.32. The van der Waals surface area contributed by atoms with Gasteiger partial charge < -0.3 is 4.57 Å². The Labute approximate surface area is 228 Å². The van der Waals surface area contributed by atoms with Gasteiger partial charge in [0.15, 0.2) is 0 Å². The van der Waals surface area contributed by atoms with E-state index in [9.17, 15) is 0 Å². The van der Waals surface area contributed by atoms with E-state index >= 15 is 0 Å². The number of aromatic nitrogens is 1. The fourth-order valence-corrected chi connectivity index (χ4v) is 4.87. The van der Waals surface area contributed by atoms with E-state index in [0.717, 1.165) is 39.3 Å². The van der Waals surface area contributed by atoms with E-state index in [1.54, 1.807) is 0 Å². The van der Waals surface area contributed by atoms with Gasteiger partial charge in [-0.15, -0.1) is 0 Å². The Kier molecular flexibility index (Phi) is 6.55. The molecule has 0 aliphatic heterocycles. The highest BCUT2D eigenvalue weighted by Gasteiger charge is 2.12. The van der Waals surface area contributed by atoms with Crippen LogP contribution in [0.15, 0.2) is 125 Å². The molecule has 3 nitrogen and oxygen atoms in total. The van der Waals surface area contributed by atoms with Crippen LogP contribution < -0.4 is 0 Å². The second kappa shape index (κ2) is 10.6. The van der Waals surface area contributed by atoms with E-state index < -0.39 is 0 Å². The molecule has 0 atom stereocenters. The van der Waals surface area contributed by atoms with Crippen molar-refractivity contribution in [2.24, 2.45) is 9.98 Å². The largest absolute Gasteiger partial charge is 0.309 e. The van der Waals surface area contributed by atoms with Gasteiger partial charge in [-0.1, -0.05) is 85.0 Å². The third-order valence-electron chi connectivity index (χ3n) is 6.94. The van der Waals surface area contributed by atoms with Crippen LogP contribution in [0.1, 0.15) is 22.3 Å². The Bertz CT molecular complexity index is 1850. The van der Waals surface area contributed by atoms with Crippen LogP contribution >= 0.6 is 0 Å². The number of fused-ring (bicyclic) bond motifs is 3. The Hall–Kier alpha value is -5.28. The van der Waals surface area contributed by atoms with Crippen molar-refractivity contribution in [2.75, 3.05) is 0 Å². The van der Waals surface area contributed by atoms with Crippen LogP contribution in [0.25, 0.3) is 51.8 Å². The number of nitrogens with zero attached hydrogens (tertiary/aromatic N) is 3. The maximum atomic E-state index is 3.97. The smallest absolute Gasteiger partial charge is 0.0622 e. The number of rotatable bonds is 7. The number of para-hydroxylation sites is 1. The van der Waals surface area contributed by atoms with Crippen molar-refractivity contribution >= 4 is 70.9 Å². The summed E-state index contributed by atoms with van der Waals surface area (Å²) in [6, 6.07) is 40.1. The highest BCUT2D eigenvalue weighted by molar-refractivity contribution is 6.10. The molecule has 0 saturated carbocycles. The molecule has 0 bridgehead atoms. The monoisotopic (exact) mass is 501 g/mol. The molecule has 1 aromatic heterocycles. The zero-order chi connectivity index (χ0) is 26.6. The van der Waals surface area contributed by atoms with Crippen molar-refractivity contribution in [1.82, 2.24) is 4.57 Å². The van der Waals surface area contributed by atoms with Crippen molar-refractivity contribution in [3.05, 3.63) is 138 Å². The van der Waals surface area contributed by atoms with Gasteiger partial charge in [0.2, 0.25) is 0 Å². The van der Waals surface area contributed by atoms with Crippen molar-refractivity contribution in [3.63, 3.8) is 0 Å². The summed E-state index contributed by atoms with van der Waals surface area (Å²) in [7, 11) is 0. The number of hydrogen-bond donors (Lipinski definition) is 0. The van der Waals surface area contributed by atoms with Crippen LogP contribution in [0.2, 0.25) is 0 Å². The van der Waals surface area contributed by atoms with Crippen LogP contribution in [-0.2, 0) is 0 Å². The van der Waals surface area contributed by atoms with Crippen molar-refractivity contribution in [1.29, 1.82) is 0 Å². The third kappa shape index (κ3) is 4.98. The topological polar surface area (TPSA) is 29.6 Å². The average Bonchev–Trinajstić information content (AvgIpc) is 3.33. The molecule has 6 aromatic rings. The molecule has 0 spiro atoms. The minimum absolute atomic E-state index is 0.877. The van der Waals surface area contributed by atoms with Gasteiger partial charge in [0.1, 0.15) is 0 Å². The maximum absolute atomic E-state index is 3.97. The summed E-state index contributed by atoms with van der Waals surface area (Å²) in [6.07, 6.45) is 8.53. The summed E-state index contributed by atoms with van der Waals surface area (Å²) in [5, 5.41) is 2.48. The molecule has 0 aliphatic rings. The molecule has 0 radical (unpaired) electrons. The van der Waals surface area contributed by atoms with Gasteiger partial charge in [0.05, 0.1) is 22.4 Å². The Morgan fingerprint density at radius 1 is 0.462 bits per heavy atom. The second-order valence-electron chi connectivity index (χ2n) is 9.39. The lowest BCUT2D eigenvalue weighted by atomic mass is 10.1. The van der Waals surface area contributed by atoms with Gasteiger partial charge in [0, 0.05) is 16.5 Å². The van der Waals surface area contributed by atoms with Crippen molar-refractivity contribution in [2.45, 2.75) is 0 Å². The average molecular weight is 502 g/mol. The van der Waals surface area contributed by atoms with Crippen LogP contribution in [0.3, 0.4) is 0 Å². The van der Waals surface area contributed by atoms with Gasteiger partial charge in [-0.05, 0) is 90.3 Å². The van der Waals surface area contributed by atoms with Crippen molar-refractivity contribution < 1.29 is 0 Å². The minimum Gasteiger partial charge on any atom is -0.309 e. The van der Waals surface area contributed by atoms with Gasteiger partial charge in [-0.25, -0.2) is 0 Å². The lowest BCUT2D eigenvalue weighted by molar-refractivity contribution is 1.18. The van der Waals surface area contributed by atoms with Gasteiger partial charge in [-0.3, -0.25) is 9.98 Å². The summed E-state index contributed by atoms with van der Waals surface area (Å²) in [6.45, 7) is 7.16. The summed E-state index contributed by atoms with van der Waals surface area (Å²) in [5.41, 5.74) is 9.84. The van der Waals surface area contributed by atoms with Crippen LogP contribution in [0.5, 0.6) is 0 Å². The van der Waals surface area contributed by atoms with E-state index in [4.69, 9.17) is 0 Å². The van der Waals surface area contributed by atoms with Crippen LogP contribution in [0, 0.1) is 0 Å². The molecular formula is C36H27N3. The molecule has 5 aromatic carbocycles. The number of aliphatic imine (C=N–C) groups is 2. The van der Waals surface area contributed by atoms with E-state index in [1.807, 2.05) is 36.4 Å². The van der Waals surface area contributed by atoms with Gasteiger partial charge >= 0.3 is 0 Å². The predicted molar refractivity (Wildman–Crippen MR) is 170 cm³/mol. The lowest BCUT2D eigenvalue weighted by Crippen LogP contribution is -1.93. The molecule has 0 unspecified atom stereocenters. The van der Waals surface area contributed by atoms with E-state index in [-0.39, 0.29) is 0 Å². The lowest BCUT2D eigenvalue weighted by Gasteiger charge is -2.08. The van der Waals surface area contributed by atoms with Crippen LogP contribution in [0.4, 0.5) is 11.4 Å². The number of hydrogen-bond acceptors (Lipinski definition) is 2. The maximum Gasteiger partial charge on any atom is 0.0622 e. The fourth-order valence-electron chi connectivity index (χ4n) is 4.87. The Morgan fingerprint density at radius 2 is 0.923 bits per heavy atom. The first kappa shape index (κ1) is 24.1. The molecule has 186 valence electrons. The fraction of sp³-hybridized carbons (Fsp3) is 0. The Morgan fingerprint density at radius 3 is 1.49 bits per heavy atom. The zero-order valence-electron chi connectivity index (χ0n) is 21.5. The normalized spacial score (nSPS) is 11.6. The van der Waals surface area contributed by atoms with E-state index in [0.29, 0.717) is 0 Å². The molecule has 6 rings (SSSR count). The molecule has 0 fully saturated rings. The number of benzene rings is 5. The standard InChI is InChI=1S/C36H27N3/c1-37-30-18-11-26(12-19-30)7-8-28-15-22-32(23-16-28)39-35-6-4-3-5-33(35)34-25-29(17-24-36(34)39)10-9-27-13-20-31(38-2)21-14-27/h3-25H,1-2H2. The van der Waals surface area contributed by atoms with Gasteiger partial charge in [0.25, 0.3) is 0 Å². The summed E-state index contributed by atoms with van der Waals surface area (Å²) >= 11 is 0. The van der Waals surface area contributed by atoms with Crippen molar-refractivity contribution in [3.8, 4) is 5.69 Å². The summed E-state index contributed by atoms with van der Waals surface area (Å²) in [5.74, 6) is 0. The van der Waals surface area contributed by atoms with Gasteiger partial charge in [-0.2, -0.15) is 0 Å². The molecule has 1 heterocycles. The molecule has 0 N–H and O–H groups in total. The van der Waals surface area contributed by atoms with E-state index in [2.05, 4.69) is 131 Å². The third-order valence-corrected chi connectivity index (χ3v) is 6.94. The molecule has 0 saturated heterocycles. The molecule has 0 aliphatic carbocycles. The first-order chi connectivity index (χ1) is 19.2. The second-order valence-corrected chi connectivity index (χ2v) is 9.39. The minimum atomic E-state index is 0.877. The SMILES string of the molecule is C=Nc1ccc(C=Cc2ccc(-n3c4ccccc4c4cc(C=Cc5ccc(N=C)cc5)ccc43)cc2)cc1.